The lowest BCUT2D eigenvalue weighted by Crippen LogP contribution is -3.00. The lowest BCUT2D eigenvalue weighted by atomic mass is 10.3. The second-order valence-electron chi connectivity index (χ2n) is 7.94. The van der Waals surface area contributed by atoms with Crippen molar-refractivity contribution in [3.8, 4) is 0 Å². The van der Waals surface area contributed by atoms with E-state index in [1.807, 2.05) is 14.1 Å². The van der Waals surface area contributed by atoms with Gasteiger partial charge in [-0.15, -0.1) is 0 Å². The molecular weight excluding hydrogens is 557 g/mol. The van der Waals surface area contributed by atoms with E-state index in [0.717, 1.165) is 0 Å². The maximum Gasteiger partial charge on any atom is 0.273 e. The molecule has 0 unspecified atom stereocenters. The van der Waals surface area contributed by atoms with Crippen LogP contribution in [0.5, 0.6) is 0 Å². The Morgan fingerprint density at radius 2 is 1.70 bits per heavy atom. The highest BCUT2D eigenvalue weighted by Crippen LogP contribution is 2.21. The van der Waals surface area contributed by atoms with Crippen LogP contribution in [0.3, 0.4) is 0 Å². The van der Waals surface area contributed by atoms with Gasteiger partial charge in [0.15, 0.2) is 22.5 Å². The molecule has 0 saturated heterocycles. The summed E-state index contributed by atoms with van der Waals surface area (Å²) in [5, 5.41) is 3.19. The molecule has 0 aliphatic heterocycles. The topological polar surface area (TPSA) is 144 Å². The summed E-state index contributed by atoms with van der Waals surface area (Å²) in [5.74, 6) is -0.635. The molecular formula is C19H28BrCl2N7O3S. The standard InChI is InChI=1S/C19H27Cl2N7O3S.BrH/c1-28(2,12-9-24-19(29)15-17(22)26-18(23)16(21)25-15)11-4-10-27(32(3,30)31)14-7-5-13(20)6-8-14;/h5-8H,4,9-12H2,1-3H3,(H4-,22,23,24,26,29);1H. The van der Waals surface area contributed by atoms with E-state index in [0.29, 0.717) is 47.8 Å². The van der Waals surface area contributed by atoms with Crippen LogP contribution >= 0.6 is 23.2 Å². The van der Waals surface area contributed by atoms with Gasteiger partial charge in [0.25, 0.3) is 5.91 Å². The van der Waals surface area contributed by atoms with Gasteiger partial charge in [-0.3, -0.25) is 9.10 Å². The smallest absolute Gasteiger partial charge is 0.273 e. The number of aromatic nitrogens is 2. The lowest BCUT2D eigenvalue weighted by Gasteiger charge is -2.31. The number of nitrogens with two attached hydrogens (primary N) is 2. The molecule has 0 fully saturated rings. The highest BCUT2D eigenvalue weighted by molar-refractivity contribution is 7.92. The maximum absolute atomic E-state index is 12.3. The first-order valence-electron chi connectivity index (χ1n) is 9.72. The van der Waals surface area contributed by atoms with Crippen LogP contribution in [0.4, 0.5) is 17.3 Å². The predicted molar refractivity (Wildman–Crippen MR) is 128 cm³/mol. The van der Waals surface area contributed by atoms with Crippen LogP contribution in [-0.2, 0) is 10.0 Å². The Kier molecular flexibility index (Phi) is 10.6. The van der Waals surface area contributed by atoms with Crippen LogP contribution in [-0.4, -0.2) is 75.3 Å². The van der Waals surface area contributed by atoms with E-state index in [2.05, 4.69) is 15.3 Å². The number of carbonyl (C=O) groups is 1. The van der Waals surface area contributed by atoms with Crippen molar-refractivity contribution >= 4 is 56.5 Å². The second kappa shape index (κ2) is 12.0. The summed E-state index contributed by atoms with van der Waals surface area (Å²) in [6, 6.07) is 6.67. The summed E-state index contributed by atoms with van der Waals surface area (Å²) >= 11 is 11.7. The van der Waals surface area contributed by atoms with Gasteiger partial charge in [-0.1, -0.05) is 23.2 Å². The number of rotatable bonds is 10. The van der Waals surface area contributed by atoms with E-state index in [9.17, 15) is 13.2 Å². The molecule has 0 atom stereocenters. The van der Waals surface area contributed by atoms with Crippen molar-refractivity contribution in [1.82, 2.24) is 15.3 Å². The van der Waals surface area contributed by atoms with Crippen molar-refractivity contribution in [2.75, 3.05) is 62.3 Å². The lowest BCUT2D eigenvalue weighted by molar-refractivity contribution is -0.889. The summed E-state index contributed by atoms with van der Waals surface area (Å²) in [4.78, 5) is 20.0. The molecule has 1 amide bonds. The van der Waals surface area contributed by atoms with Gasteiger partial charge in [0, 0.05) is 18.0 Å². The molecule has 5 N–H and O–H groups in total. The number of nitrogen functional groups attached to an aromatic ring is 2. The number of hydrogen-bond donors (Lipinski definition) is 3. The molecule has 1 aromatic carbocycles. The third-order valence-corrected chi connectivity index (χ3v) is 6.49. The molecule has 0 bridgehead atoms. The zero-order chi connectivity index (χ0) is 24.1. The number of amides is 1. The normalized spacial score (nSPS) is 11.5. The molecule has 2 rings (SSSR count). The van der Waals surface area contributed by atoms with E-state index in [4.69, 9.17) is 34.7 Å². The van der Waals surface area contributed by atoms with Gasteiger partial charge in [-0.05, 0) is 24.3 Å². The molecule has 0 spiro atoms. The minimum atomic E-state index is -3.44. The molecule has 184 valence electrons. The highest BCUT2D eigenvalue weighted by atomic mass is 79.9. The third-order valence-electron chi connectivity index (χ3n) is 4.76. The van der Waals surface area contributed by atoms with E-state index in [1.165, 1.54) is 10.6 Å². The van der Waals surface area contributed by atoms with Gasteiger partial charge in [-0.2, -0.15) is 0 Å². The molecule has 0 saturated carbocycles. The SMILES string of the molecule is C[N+](C)(CCCN(c1ccc(Cl)cc1)S(C)(=O)=O)CCNC(=O)c1nc(Cl)c(N)nc1N.[Br-]. The Balaban J connectivity index is 0.00000544. The van der Waals surface area contributed by atoms with E-state index >= 15 is 0 Å². The number of nitrogens with zero attached hydrogens (tertiary/aromatic N) is 4. The molecule has 14 heteroatoms. The minimum Gasteiger partial charge on any atom is -1.00 e. The van der Waals surface area contributed by atoms with Crippen molar-refractivity contribution in [1.29, 1.82) is 0 Å². The Hall–Kier alpha value is -1.86. The zero-order valence-electron chi connectivity index (χ0n) is 18.6. The Labute approximate surface area is 214 Å². The fourth-order valence-electron chi connectivity index (χ4n) is 3.01. The number of sulfonamides is 1. The average Bonchev–Trinajstić information content (AvgIpc) is 2.68. The molecule has 0 aliphatic rings. The van der Waals surface area contributed by atoms with Gasteiger partial charge in [0.2, 0.25) is 10.0 Å². The Morgan fingerprint density at radius 1 is 1.09 bits per heavy atom. The molecule has 0 radical (unpaired) electrons. The van der Waals surface area contributed by atoms with Gasteiger partial charge in [-0.25, -0.2) is 18.4 Å². The van der Waals surface area contributed by atoms with Crippen LogP contribution in [0.1, 0.15) is 16.9 Å². The van der Waals surface area contributed by atoms with Crippen LogP contribution in [0.15, 0.2) is 24.3 Å². The fourth-order valence-corrected chi connectivity index (χ4v) is 4.23. The molecule has 10 nitrogen and oxygen atoms in total. The highest BCUT2D eigenvalue weighted by Gasteiger charge is 2.21. The second-order valence-corrected chi connectivity index (χ2v) is 10.6. The summed E-state index contributed by atoms with van der Waals surface area (Å²) in [6.07, 6.45) is 1.79. The fraction of sp³-hybridized carbons (Fsp3) is 0.421. The molecule has 33 heavy (non-hydrogen) atoms. The molecule has 2 aromatic rings. The predicted octanol–water partition coefficient (Wildman–Crippen LogP) is -1.39. The molecule has 0 aliphatic carbocycles. The Bertz CT molecular complexity index is 1070. The summed E-state index contributed by atoms with van der Waals surface area (Å²) in [5.41, 5.74) is 11.7. The minimum absolute atomic E-state index is 0. The number of anilines is 3. The number of halogens is 3. The van der Waals surface area contributed by atoms with Gasteiger partial charge < -0.3 is 38.2 Å². The largest absolute Gasteiger partial charge is 1.00 e. The number of likely N-dealkylation sites (N-methyl/N-ethyl adjacent to an activating group) is 1. The zero-order valence-corrected chi connectivity index (χ0v) is 22.5. The van der Waals surface area contributed by atoms with Crippen molar-refractivity contribution < 1.29 is 34.7 Å². The number of carbonyl (C=O) groups excluding carboxylic acids is 1. The third kappa shape index (κ3) is 8.78. The first kappa shape index (κ1) is 29.2. The van der Waals surface area contributed by atoms with Crippen LogP contribution in [0.2, 0.25) is 10.2 Å². The number of hydrogen-bond acceptors (Lipinski definition) is 7. The quantitative estimate of drug-likeness (QED) is 0.292. The van der Waals surface area contributed by atoms with Crippen LogP contribution in [0.25, 0.3) is 0 Å². The van der Waals surface area contributed by atoms with E-state index in [-0.39, 0.29) is 39.5 Å². The van der Waals surface area contributed by atoms with E-state index in [1.54, 1.807) is 24.3 Å². The van der Waals surface area contributed by atoms with Crippen LogP contribution < -0.4 is 38.1 Å². The van der Waals surface area contributed by atoms with Crippen molar-refractivity contribution in [2.45, 2.75) is 6.42 Å². The van der Waals surface area contributed by atoms with Crippen molar-refractivity contribution in [3.05, 3.63) is 40.1 Å². The number of benzene rings is 1. The monoisotopic (exact) mass is 583 g/mol. The van der Waals surface area contributed by atoms with Gasteiger partial charge in [0.1, 0.15) is 0 Å². The van der Waals surface area contributed by atoms with Crippen molar-refractivity contribution in [2.24, 2.45) is 0 Å². The molecule has 1 heterocycles. The summed E-state index contributed by atoms with van der Waals surface area (Å²) in [7, 11) is 0.551. The number of quaternary nitrogens is 1. The average molecular weight is 585 g/mol. The summed E-state index contributed by atoms with van der Waals surface area (Å²) < 4.78 is 26.4. The van der Waals surface area contributed by atoms with Gasteiger partial charge >= 0.3 is 0 Å². The van der Waals surface area contributed by atoms with Gasteiger partial charge in [0.05, 0.1) is 45.7 Å². The first-order chi connectivity index (χ1) is 14.8. The maximum atomic E-state index is 12.3. The van der Waals surface area contributed by atoms with E-state index < -0.39 is 15.9 Å². The molecule has 1 aromatic heterocycles. The number of nitrogens with one attached hydrogen (secondary N) is 1. The van der Waals surface area contributed by atoms with Crippen LogP contribution in [0, 0.1) is 0 Å². The summed E-state index contributed by atoms with van der Waals surface area (Å²) in [6.45, 7) is 1.96. The van der Waals surface area contributed by atoms with Crippen molar-refractivity contribution in [3.63, 3.8) is 0 Å². The first-order valence-corrected chi connectivity index (χ1v) is 12.3. The Morgan fingerprint density at radius 3 is 2.27 bits per heavy atom.